The van der Waals surface area contributed by atoms with Crippen LogP contribution in [-0.2, 0) is 9.59 Å². The van der Waals surface area contributed by atoms with Gasteiger partial charge in [0, 0.05) is 18.5 Å². The SMILES string of the molecule is COc1ccc(C(O)=C2C(=O)C(=O)N(CCC[NH+](C)C)[C@@H]2c2ccc(O)cc2)c(C)c1. The van der Waals surface area contributed by atoms with Gasteiger partial charge in [0.05, 0.1) is 39.4 Å². The van der Waals surface area contributed by atoms with Crippen LogP contribution in [0.2, 0.25) is 0 Å². The van der Waals surface area contributed by atoms with Crippen LogP contribution in [0.5, 0.6) is 11.5 Å². The molecule has 1 amide bonds. The number of carbonyl (C=O) groups is 2. The number of amides is 1. The number of phenolic OH excluding ortho intramolecular Hbond substituents is 1. The molecular weight excluding hydrogens is 396 g/mol. The van der Waals surface area contributed by atoms with Gasteiger partial charge >= 0.3 is 0 Å². The topological polar surface area (TPSA) is 91.5 Å². The molecule has 0 aromatic heterocycles. The van der Waals surface area contributed by atoms with Gasteiger partial charge in [-0.3, -0.25) is 9.59 Å². The minimum absolute atomic E-state index is 0.0566. The Bertz CT molecular complexity index is 1010. The monoisotopic (exact) mass is 425 g/mol. The third-order valence-corrected chi connectivity index (χ3v) is 5.51. The normalized spacial score (nSPS) is 18.1. The van der Waals surface area contributed by atoms with Crippen molar-refractivity contribution in [1.29, 1.82) is 0 Å². The molecule has 31 heavy (non-hydrogen) atoms. The highest BCUT2D eigenvalue weighted by Gasteiger charge is 2.46. The second-order valence-electron chi connectivity index (χ2n) is 8.08. The molecule has 2 aromatic rings. The number of nitrogens with zero attached hydrogens (tertiary/aromatic N) is 1. The molecule has 1 aliphatic rings. The standard InChI is InChI=1S/C24H28N2O5/c1-15-14-18(31-4)10-11-19(15)22(28)20-21(16-6-8-17(27)9-7-16)26(24(30)23(20)29)13-5-12-25(2)3/h6-11,14,21,27-28H,5,12-13H2,1-4H3/p+1/t21-/m1/s1. The zero-order valence-electron chi connectivity index (χ0n) is 18.3. The minimum Gasteiger partial charge on any atom is -0.508 e. The summed E-state index contributed by atoms with van der Waals surface area (Å²) in [6, 6.07) is 10.8. The second kappa shape index (κ2) is 9.22. The van der Waals surface area contributed by atoms with Gasteiger partial charge in [-0.05, 0) is 48.4 Å². The first kappa shape index (κ1) is 22.4. The molecule has 1 saturated heterocycles. The number of nitrogens with one attached hydrogen (secondary N) is 1. The fourth-order valence-electron chi connectivity index (χ4n) is 3.89. The Kier molecular flexibility index (Phi) is 6.65. The van der Waals surface area contributed by atoms with Gasteiger partial charge in [-0.25, -0.2) is 0 Å². The summed E-state index contributed by atoms with van der Waals surface area (Å²) < 4.78 is 5.22. The molecule has 0 saturated carbocycles. The van der Waals surface area contributed by atoms with Crippen molar-refractivity contribution in [1.82, 2.24) is 4.90 Å². The van der Waals surface area contributed by atoms with Crippen LogP contribution in [0.15, 0.2) is 48.0 Å². The fourth-order valence-corrected chi connectivity index (χ4v) is 3.89. The summed E-state index contributed by atoms with van der Waals surface area (Å²) in [4.78, 5) is 28.7. The summed E-state index contributed by atoms with van der Waals surface area (Å²) in [5.41, 5.74) is 1.91. The van der Waals surface area contributed by atoms with E-state index in [1.807, 2.05) is 21.0 Å². The number of aliphatic hydroxyl groups excluding tert-OH is 1. The molecule has 2 aromatic carbocycles. The van der Waals surface area contributed by atoms with Gasteiger partial charge in [-0.15, -0.1) is 0 Å². The Balaban J connectivity index is 2.11. The largest absolute Gasteiger partial charge is 0.508 e. The first-order valence-corrected chi connectivity index (χ1v) is 10.3. The van der Waals surface area contributed by atoms with Crippen molar-refractivity contribution >= 4 is 17.4 Å². The van der Waals surface area contributed by atoms with Gasteiger partial charge in [0.1, 0.15) is 17.3 Å². The molecule has 164 valence electrons. The molecule has 0 spiro atoms. The number of Topliss-reactive ketones (excluding diaryl/α,β-unsaturated/α-hetero) is 1. The smallest absolute Gasteiger partial charge is 0.295 e. The van der Waals surface area contributed by atoms with Crippen LogP contribution in [-0.4, -0.2) is 61.1 Å². The van der Waals surface area contributed by atoms with E-state index in [1.165, 1.54) is 21.9 Å². The number of hydrogen-bond acceptors (Lipinski definition) is 5. The average molecular weight is 426 g/mol. The molecule has 0 bridgehead atoms. The van der Waals surface area contributed by atoms with Gasteiger partial charge in [-0.2, -0.15) is 0 Å². The van der Waals surface area contributed by atoms with Crippen LogP contribution >= 0.6 is 0 Å². The number of hydrogen-bond donors (Lipinski definition) is 3. The number of aromatic hydroxyl groups is 1. The molecule has 3 rings (SSSR count). The van der Waals surface area contributed by atoms with E-state index in [2.05, 4.69) is 0 Å². The maximum Gasteiger partial charge on any atom is 0.295 e. The highest BCUT2D eigenvalue weighted by molar-refractivity contribution is 6.46. The van der Waals surface area contributed by atoms with Crippen LogP contribution < -0.4 is 9.64 Å². The molecular formula is C24H29N2O5+. The summed E-state index contributed by atoms with van der Waals surface area (Å²) in [6.07, 6.45) is 0.714. The number of likely N-dealkylation sites (tertiary alicyclic amines) is 1. The highest BCUT2D eigenvalue weighted by atomic mass is 16.5. The van der Waals surface area contributed by atoms with Crippen LogP contribution in [0, 0.1) is 6.92 Å². The summed E-state index contributed by atoms with van der Waals surface area (Å²) in [5, 5.41) is 20.8. The number of carbonyl (C=O) groups excluding carboxylic acids is 2. The summed E-state index contributed by atoms with van der Waals surface area (Å²) >= 11 is 0. The van der Waals surface area contributed by atoms with Gasteiger partial charge in [0.15, 0.2) is 0 Å². The third-order valence-electron chi connectivity index (χ3n) is 5.51. The summed E-state index contributed by atoms with van der Waals surface area (Å²) in [7, 11) is 5.61. The van der Waals surface area contributed by atoms with Crippen molar-refractivity contribution in [3.8, 4) is 11.5 Å². The number of quaternary nitrogens is 1. The average Bonchev–Trinajstić information content (AvgIpc) is 2.98. The molecule has 0 unspecified atom stereocenters. The number of aryl methyl sites for hydroxylation is 1. The van der Waals surface area contributed by atoms with Crippen LogP contribution in [0.4, 0.5) is 0 Å². The molecule has 7 nitrogen and oxygen atoms in total. The van der Waals surface area contributed by atoms with Crippen molar-refractivity contribution in [2.24, 2.45) is 0 Å². The number of ether oxygens (including phenoxy) is 1. The van der Waals surface area contributed by atoms with Crippen molar-refractivity contribution in [2.45, 2.75) is 19.4 Å². The lowest BCUT2D eigenvalue weighted by atomic mass is 9.94. The van der Waals surface area contributed by atoms with Crippen molar-refractivity contribution in [2.75, 3.05) is 34.3 Å². The lowest BCUT2D eigenvalue weighted by Gasteiger charge is -2.25. The molecule has 7 heteroatoms. The highest BCUT2D eigenvalue weighted by Crippen LogP contribution is 2.40. The predicted octanol–water partition coefficient (Wildman–Crippen LogP) is 1.67. The Morgan fingerprint density at radius 1 is 1.13 bits per heavy atom. The maximum atomic E-state index is 13.0. The third kappa shape index (κ3) is 4.56. The summed E-state index contributed by atoms with van der Waals surface area (Å²) in [5.74, 6) is -0.821. The molecule has 1 atom stereocenters. The van der Waals surface area contributed by atoms with Gasteiger partial charge in [0.2, 0.25) is 0 Å². The van der Waals surface area contributed by atoms with E-state index in [0.717, 1.165) is 12.1 Å². The lowest BCUT2D eigenvalue weighted by Crippen LogP contribution is -3.05. The molecule has 0 aliphatic carbocycles. The molecule has 1 fully saturated rings. The van der Waals surface area contributed by atoms with E-state index in [9.17, 15) is 19.8 Å². The molecule has 0 radical (unpaired) electrons. The minimum atomic E-state index is -0.723. The van der Waals surface area contributed by atoms with E-state index >= 15 is 0 Å². The zero-order chi connectivity index (χ0) is 22.7. The molecule has 1 heterocycles. The first-order chi connectivity index (χ1) is 14.7. The predicted molar refractivity (Wildman–Crippen MR) is 117 cm³/mol. The number of aliphatic hydroxyl groups is 1. The Morgan fingerprint density at radius 3 is 2.39 bits per heavy atom. The molecule has 3 N–H and O–H groups in total. The van der Waals surface area contributed by atoms with Gasteiger partial charge in [0.25, 0.3) is 11.7 Å². The Hall–Kier alpha value is -3.32. The number of rotatable bonds is 7. The van der Waals surface area contributed by atoms with Crippen molar-refractivity contribution in [3.63, 3.8) is 0 Å². The fraction of sp³-hybridized carbons (Fsp3) is 0.333. The Labute approximate surface area is 182 Å². The van der Waals surface area contributed by atoms with Crippen LogP contribution in [0.25, 0.3) is 5.76 Å². The Morgan fingerprint density at radius 2 is 1.81 bits per heavy atom. The van der Waals surface area contributed by atoms with Crippen molar-refractivity contribution in [3.05, 3.63) is 64.7 Å². The van der Waals surface area contributed by atoms with Crippen LogP contribution in [0.1, 0.15) is 29.2 Å². The quantitative estimate of drug-likeness (QED) is 0.357. The summed E-state index contributed by atoms with van der Waals surface area (Å²) in [6.45, 7) is 3.03. The van der Waals surface area contributed by atoms with E-state index in [1.54, 1.807) is 37.4 Å². The first-order valence-electron chi connectivity index (χ1n) is 10.3. The van der Waals surface area contributed by atoms with Gasteiger partial charge < -0.3 is 24.7 Å². The van der Waals surface area contributed by atoms with Crippen molar-refractivity contribution < 1.29 is 29.4 Å². The second-order valence-corrected chi connectivity index (χ2v) is 8.08. The number of methoxy groups -OCH3 is 1. The number of ketones is 1. The van der Waals surface area contributed by atoms with Crippen LogP contribution in [0.3, 0.4) is 0 Å². The number of benzene rings is 2. The van der Waals surface area contributed by atoms with Gasteiger partial charge in [-0.1, -0.05) is 12.1 Å². The lowest BCUT2D eigenvalue weighted by molar-refractivity contribution is -0.858. The van der Waals surface area contributed by atoms with E-state index in [-0.39, 0.29) is 17.1 Å². The molecule has 1 aliphatic heterocycles. The van der Waals surface area contributed by atoms with E-state index < -0.39 is 17.7 Å². The zero-order valence-corrected chi connectivity index (χ0v) is 18.3. The maximum absolute atomic E-state index is 13.0. The van der Waals surface area contributed by atoms with E-state index in [0.29, 0.717) is 29.8 Å². The number of phenols is 1. The van der Waals surface area contributed by atoms with E-state index in [4.69, 9.17) is 4.74 Å².